The van der Waals surface area contributed by atoms with Crippen LogP contribution in [0, 0.1) is 0 Å². The van der Waals surface area contributed by atoms with Crippen molar-refractivity contribution in [1.82, 2.24) is 4.90 Å². The molecule has 0 bridgehead atoms. The Hall–Kier alpha value is -2.10. The number of hydrogen-bond donors (Lipinski definition) is 1. The summed E-state index contributed by atoms with van der Waals surface area (Å²) in [5, 5.41) is 3.10. The number of amides is 2. The van der Waals surface area contributed by atoms with Gasteiger partial charge in [0.25, 0.3) is 11.8 Å². The number of allylic oxidation sites excluding steroid dienone is 1. The van der Waals surface area contributed by atoms with Crippen molar-refractivity contribution in [1.29, 1.82) is 0 Å². The molecule has 1 aliphatic rings. The van der Waals surface area contributed by atoms with E-state index in [1.54, 1.807) is 19.1 Å². The third-order valence-corrected chi connectivity index (χ3v) is 2.81. The molecular weight excluding hydrogens is 228 g/mol. The predicted molar refractivity (Wildman–Crippen MR) is 70.5 cm³/mol. The number of hydrogen-bond acceptors (Lipinski definition) is 3. The molecule has 0 saturated heterocycles. The van der Waals surface area contributed by atoms with Gasteiger partial charge in [0.05, 0.1) is 11.1 Å². The number of rotatable bonds is 3. The van der Waals surface area contributed by atoms with Gasteiger partial charge in [-0.05, 0) is 45.2 Å². The molecule has 1 N–H and O–H groups in total. The molecular formula is C14H16N2O2. The van der Waals surface area contributed by atoms with E-state index in [1.165, 1.54) is 4.90 Å². The van der Waals surface area contributed by atoms with E-state index in [0.29, 0.717) is 17.7 Å². The van der Waals surface area contributed by atoms with Gasteiger partial charge in [-0.3, -0.25) is 14.5 Å². The molecule has 0 aromatic heterocycles. The normalized spacial score (nSPS) is 13.6. The third kappa shape index (κ3) is 2.01. The van der Waals surface area contributed by atoms with Crippen LogP contribution in [0.25, 0.3) is 0 Å². The lowest BCUT2D eigenvalue weighted by Crippen LogP contribution is -2.29. The van der Waals surface area contributed by atoms with Crippen LogP contribution >= 0.6 is 0 Å². The maximum atomic E-state index is 12.0. The first kappa shape index (κ1) is 12.4. The summed E-state index contributed by atoms with van der Waals surface area (Å²) in [4.78, 5) is 25.1. The Balaban J connectivity index is 2.35. The molecule has 4 heteroatoms. The molecule has 1 aromatic rings. The SMILES string of the molecule is CCN1C(=O)c2ccc(NC=C(C)C)cc2C1=O. The van der Waals surface area contributed by atoms with Crippen molar-refractivity contribution in [2.24, 2.45) is 0 Å². The number of anilines is 1. The second-order valence-corrected chi connectivity index (χ2v) is 4.48. The first-order valence-corrected chi connectivity index (χ1v) is 5.94. The zero-order valence-corrected chi connectivity index (χ0v) is 10.8. The zero-order valence-electron chi connectivity index (χ0n) is 10.8. The number of imide groups is 1. The molecule has 1 aromatic carbocycles. The summed E-state index contributed by atoms with van der Waals surface area (Å²) in [5.41, 5.74) is 2.92. The minimum atomic E-state index is -0.210. The minimum Gasteiger partial charge on any atom is -0.362 e. The highest BCUT2D eigenvalue weighted by atomic mass is 16.2. The van der Waals surface area contributed by atoms with Crippen LogP contribution in [-0.2, 0) is 0 Å². The lowest BCUT2D eigenvalue weighted by atomic mass is 10.1. The summed E-state index contributed by atoms with van der Waals surface area (Å²) in [6.07, 6.45) is 1.86. The number of nitrogens with zero attached hydrogens (tertiary/aromatic N) is 1. The van der Waals surface area contributed by atoms with Gasteiger partial charge in [0.2, 0.25) is 0 Å². The fourth-order valence-electron chi connectivity index (χ4n) is 1.90. The van der Waals surface area contributed by atoms with Crippen molar-refractivity contribution >= 4 is 17.5 Å². The molecule has 0 spiro atoms. The van der Waals surface area contributed by atoms with E-state index in [0.717, 1.165) is 11.3 Å². The van der Waals surface area contributed by atoms with E-state index in [-0.39, 0.29) is 11.8 Å². The van der Waals surface area contributed by atoms with Gasteiger partial charge in [-0.25, -0.2) is 0 Å². The maximum Gasteiger partial charge on any atom is 0.261 e. The van der Waals surface area contributed by atoms with Gasteiger partial charge in [-0.15, -0.1) is 0 Å². The van der Waals surface area contributed by atoms with E-state index in [9.17, 15) is 9.59 Å². The Morgan fingerprint density at radius 1 is 1.22 bits per heavy atom. The largest absolute Gasteiger partial charge is 0.362 e. The molecule has 0 aliphatic carbocycles. The zero-order chi connectivity index (χ0) is 13.3. The average Bonchev–Trinajstić information content (AvgIpc) is 2.59. The number of carbonyl (C=O) groups is 2. The van der Waals surface area contributed by atoms with Crippen molar-refractivity contribution in [2.75, 3.05) is 11.9 Å². The Bertz CT molecular complexity index is 543. The molecule has 0 fully saturated rings. The monoisotopic (exact) mass is 244 g/mol. The number of benzene rings is 1. The summed E-state index contributed by atoms with van der Waals surface area (Å²) in [6.45, 7) is 6.16. The van der Waals surface area contributed by atoms with Crippen LogP contribution in [-0.4, -0.2) is 23.3 Å². The first-order chi connectivity index (χ1) is 8.54. The Morgan fingerprint density at radius 3 is 2.50 bits per heavy atom. The molecule has 1 heterocycles. The van der Waals surface area contributed by atoms with Crippen molar-refractivity contribution < 1.29 is 9.59 Å². The highest BCUT2D eigenvalue weighted by Gasteiger charge is 2.34. The number of nitrogens with one attached hydrogen (secondary N) is 1. The van der Waals surface area contributed by atoms with E-state index in [4.69, 9.17) is 0 Å². The standard InChI is InChI=1S/C14H16N2O2/c1-4-16-13(17)11-6-5-10(15-8-9(2)3)7-12(11)14(16)18/h5-8,15H,4H2,1-3H3. The summed E-state index contributed by atoms with van der Waals surface area (Å²) in [5.74, 6) is -0.412. The summed E-state index contributed by atoms with van der Waals surface area (Å²) < 4.78 is 0. The topological polar surface area (TPSA) is 49.4 Å². The first-order valence-electron chi connectivity index (χ1n) is 5.94. The van der Waals surface area contributed by atoms with Gasteiger partial charge in [0.15, 0.2) is 0 Å². The van der Waals surface area contributed by atoms with Crippen LogP contribution in [0.15, 0.2) is 30.0 Å². The second-order valence-electron chi connectivity index (χ2n) is 4.48. The molecule has 1 aliphatic heterocycles. The molecule has 2 amide bonds. The lowest BCUT2D eigenvalue weighted by Gasteiger charge is -2.08. The number of carbonyl (C=O) groups excluding carboxylic acids is 2. The summed E-state index contributed by atoms with van der Waals surface area (Å²) in [6, 6.07) is 5.24. The fraction of sp³-hybridized carbons (Fsp3) is 0.286. The number of fused-ring (bicyclic) bond motifs is 1. The quantitative estimate of drug-likeness (QED) is 0.831. The highest BCUT2D eigenvalue weighted by molar-refractivity contribution is 6.21. The highest BCUT2D eigenvalue weighted by Crippen LogP contribution is 2.25. The third-order valence-electron chi connectivity index (χ3n) is 2.81. The van der Waals surface area contributed by atoms with Crippen LogP contribution in [0.5, 0.6) is 0 Å². The van der Waals surface area contributed by atoms with Crippen molar-refractivity contribution in [2.45, 2.75) is 20.8 Å². The van der Waals surface area contributed by atoms with Crippen LogP contribution < -0.4 is 5.32 Å². The Labute approximate surface area is 106 Å². The van der Waals surface area contributed by atoms with Crippen LogP contribution in [0.3, 0.4) is 0 Å². The summed E-state index contributed by atoms with van der Waals surface area (Å²) in [7, 11) is 0. The van der Waals surface area contributed by atoms with Gasteiger partial charge in [-0.1, -0.05) is 5.57 Å². The Kier molecular flexibility index (Phi) is 3.19. The second kappa shape index (κ2) is 4.64. The fourth-order valence-corrected chi connectivity index (χ4v) is 1.90. The van der Waals surface area contributed by atoms with E-state index in [1.807, 2.05) is 26.1 Å². The predicted octanol–water partition coefficient (Wildman–Crippen LogP) is 2.64. The molecule has 0 radical (unpaired) electrons. The van der Waals surface area contributed by atoms with Gasteiger partial charge in [-0.2, -0.15) is 0 Å². The molecule has 94 valence electrons. The molecule has 0 atom stereocenters. The molecule has 18 heavy (non-hydrogen) atoms. The van der Waals surface area contributed by atoms with Crippen molar-refractivity contribution in [3.05, 3.63) is 41.1 Å². The van der Waals surface area contributed by atoms with Crippen LogP contribution in [0.2, 0.25) is 0 Å². The minimum absolute atomic E-state index is 0.203. The summed E-state index contributed by atoms with van der Waals surface area (Å²) >= 11 is 0. The van der Waals surface area contributed by atoms with Crippen LogP contribution in [0.4, 0.5) is 5.69 Å². The van der Waals surface area contributed by atoms with Gasteiger partial charge in [0, 0.05) is 12.2 Å². The Morgan fingerprint density at radius 2 is 1.89 bits per heavy atom. The molecule has 2 rings (SSSR count). The van der Waals surface area contributed by atoms with Crippen molar-refractivity contribution in [3.8, 4) is 0 Å². The van der Waals surface area contributed by atoms with E-state index >= 15 is 0 Å². The molecule has 4 nitrogen and oxygen atoms in total. The van der Waals surface area contributed by atoms with Crippen molar-refractivity contribution in [3.63, 3.8) is 0 Å². The lowest BCUT2D eigenvalue weighted by molar-refractivity contribution is 0.0663. The van der Waals surface area contributed by atoms with Crippen LogP contribution in [0.1, 0.15) is 41.5 Å². The molecule has 0 saturated carbocycles. The smallest absolute Gasteiger partial charge is 0.261 e. The van der Waals surface area contributed by atoms with Gasteiger partial charge < -0.3 is 5.32 Å². The van der Waals surface area contributed by atoms with Gasteiger partial charge >= 0.3 is 0 Å². The average molecular weight is 244 g/mol. The van der Waals surface area contributed by atoms with Gasteiger partial charge in [0.1, 0.15) is 0 Å². The van der Waals surface area contributed by atoms with E-state index < -0.39 is 0 Å². The maximum absolute atomic E-state index is 12.0. The molecule has 0 unspecified atom stereocenters. The van der Waals surface area contributed by atoms with E-state index in [2.05, 4.69) is 5.32 Å².